The van der Waals surface area contributed by atoms with Crippen LogP contribution in [0, 0.1) is 0 Å². The Balaban J connectivity index is 2.94. The first kappa shape index (κ1) is 16.0. The van der Waals surface area contributed by atoms with Crippen molar-refractivity contribution in [1.29, 1.82) is 0 Å². The average Bonchev–Trinajstić information content (AvgIpc) is 2.41. The molecule has 0 fully saturated rings. The van der Waals surface area contributed by atoms with E-state index in [1.165, 1.54) is 0 Å². The summed E-state index contributed by atoms with van der Waals surface area (Å²) < 4.78 is 6.60. The largest absolute Gasteiger partial charge is 0.479 e. The number of nitrogens with two attached hydrogens (primary N) is 1. The van der Waals surface area contributed by atoms with Gasteiger partial charge in [-0.2, -0.15) is 0 Å². The number of rotatable bonds is 6. The lowest BCUT2D eigenvalue weighted by molar-refractivity contribution is -0.126. The molecule has 0 saturated heterocycles. The minimum atomic E-state index is -0.541. The number of carbonyl (C=O) groups is 1. The fourth-order valence-electron chi connectivity index (χ4n) is 1.71. The molecule has 19 heavy (non-hydrogen) atoms. The van der Waals surface area contributed by atoms with Gasteiger partial charge in [0.1, 0.15) is 5.75 Å². The lowest BCUT2D eigenvalue weighted by Gasteiger charge is -2.19. The van der Waals surface area contributed by atoms with E-state index < -0.39 is 6.10 Å². The number of likely N-dealkylation sites (N-methyl/N-ethyl adjacent to an activating group) is 1. The summed E-state index contributed by atoms with van der Waals surface area (Å²) in [7, 11) is 1.59. The summed E-state index contributed by atoms with van der Waals surface area (Å²) >= 11 is 3.46. The van der Waals surface area contributed by atoms with Crippen molar-refractivity contribution < 1.29 is 9.53 Å². The first-order valence-electron chi connectivity index (χ1n) is 6.40. The van der Waals surface area contributed by atoms with E-state index in [-0.39, 0.29) is 11.9 Å². The van der Waals surface area contributed by atoms with Crippen molar-refractivity contribution >= 4 is 21.8 Å². The number of ether oxygens (including phenoxy) is 1. The number of amides is 1. The smallest absolute Gasteiger partial charge is 0.260 e. The fraction of sp³-hybridized carbons (Fsp3) is 0.500. The van der Waals surface area contributed by atoms with E-state index in [9.17, 15) is 4.79 Å². The molecule has 0 aliphatic heterocycles. The molecular formula is C14H21BrN2O2. The van der Waals surface area contributed by atoms with E-state index in [0.29, 0.717) is 5.75 Å². The molecule has 0 radical (unpaired) electrons. The van der Waals surface area contributed by atoms with Gasteiger partial charge in [0.25, 0.3) is 5.91 Å². The van der Waals surface area contributed by atoms with E-state index in [1.807, 2.05) is 18.2 Å². The molecule has 0 aliphatic rings. The van der Waals surface area contributed by atoms with E-state index in [4.69, 9.17) is 10.5 Å². The summed E-state index contributed by atoms with van der Waals surface area (Å²) in [4.78, 5) is 11.5. The second-order valence-electron chi connectivity index (χ2n) is 4.47. The zero-order chi connectivity index (χ0) is 14.4. The molecule has 1 aromatic carbocycles. The first-order chi connectivity index (χ1) is 8.99. The van der Waals surface area contributed by atoms with Crippen LogP contribution in [-0.2, 0) is 11.2 Å². The highest BCUT2D eigenvalue weighted by molar-refractivity contribution is 9.10. The number of benzene rings is 1. The average molecular weight is 329 g/mol. The van der Waals surface area contributed by atoms with Crippen LogP contribution in [0.3, 0.4) is 0 Å². The van der Waals surface area contributed by atoms with Crippen LogP contribution < -0.4 is 15.8 Å². The minimum Gasteiger partial charge on any atom is -0.479 e. The van der Waals surface area contributed by atoms with Gasteiger partial charge in [-0.15, -0.1) is 0 Å². The highest BCUT2D eigenvalue weighted by atomic mass is 79.9. The van der Waals surface area contributed by atoms with Crippen LogP contribution in [-0.4, -0.2) is 25.1 Å². The molecule has 2 unspecified atom stereocenters. The highest BCUT2D eigenvalue weighted by Crippen LogP contribution is 2.31. The number of hydrogen-bond acceptors (Lipinski definition) is 3. The molecule has 2 atom stereocenters. The van der Waals surface area contributed by atoms with Crippen molar-refractivity contribution in [2.45, 2.75) is 38.8 Å². The lowest BCUT2D eigenvalue weighted by Crippen LogP contribution is -2.34. The summed E-state index contributed by atoms with van der Waals surface area (Å²) in [5.41, 5.74) is 7.00. The third-order valence-corrected chi connectivity index (χ3v) is 3.59. The molecule has 3 N–H and O–H groups in total. The topological polar surface area (TPSA) is 64.3 Å². The van der Waals surface area contributed by atoms with Crippen molar-refractivity contribution in [3.8, 4) is 5.75 Å². The molecule has 5 heteroatoms. The van der Waals surface area contributed by atoms with Gasteiger partial charge in [-0.05, 0) is 47.3 Å². The molecule has 0 aromatic heterocycles. The Hall–Kier alpha value is -1.07. The maximum Gasteiger partial charge on any atom is 0.260 e. The number of carbonyl (C=O) groups excluding carboxylic acids is 1. The normalized spacial score (nSPS) is 13.7. The summed E-state index contributed by atoms with van der Waals surface area (Å²) in [5.74, 6) is 0.545. The lowest BCUT2D eigenvalue weighted by atomic mass is 10.0. The Morgan fingerprint density at radius 1 is 1.53 bits per heavy atom. The third kappa shape index (κ3) is 4.51. The van der Waals surface area contributed by atoms with Crippen LogP contribution in [0.2, 0.25) is 0 Å². The third-order valence-electron chi connectivity index (χ3n) is 2.97. The van der Waals surface area contributed by atoms with E-state index in [2.05, 4.69) is 28.2 Å². The summed E-state index contributed by atoms with van der Waals surface area (Å²) in [6.07, 6.45) is 1.09. The monoisotopic (exact) mass is 328 g/mol. The van der Waals surface area contributed by atoms with Crippen molar-refractivity contribution in [1.82, 2.24) is 5.32 Å². The van der Waals surface area contributed by atoms with Crippen molar-refractivity contribution in [2.24, 2.45) is 5.73 Å². The van der Waals surface area contributed by atoms with Crippen LogP contribution >= 0.6 is 15.9 Å². The number of halogens is 1. The minimum absolute atomic E-state index is 0.0898. The van der Waals surface area contributed by atoms with Gasteiger partial charge in [0.15, 0.2) is 6.10 Å². The molecule has 1 amide bonds. The molecule has 0 saturated carbocycles. The van der Waals surface area contributed by atoms with Crippen LogP contribution in [0.5, 0.6) is 5.75 Å². The molecule has 106 valence electrons. The van der Waals surface area contributed by atoms with Gasteiger partial charge in [0.2, 0.25) is 0 Å². The maximum atomic E-state index is 11.5. The molecule has 0 bridgehead atoms. The van der Waals surface area contributed by atoms with Gasteiger partial charge in [-0.25, -0.2) is 0 Å². The molecular weight excluding hydrogens is 308 g/mol. The number of hydrogen-bond donors (Lipinski definition) is 2. The van der Waals surface area contributed by atoms with Gasteiger partial charge < -0.3 is 15.8 Å². The van der Waals surface area contributed by atoms with Gasteiger partial charge in [-0.1, -0.05) is 19.1 Å². The van der Waals surface area contributed by atoms with Crippen LogP contribution in [0.1, 0.15) is 25.8 Å². The van der Waals surface area contributed by atoms with E-state index in [0.717, 1.165) is 22.9 Å². The zero-order valence-electron chi connectivity index (χ0n) is 11.6. The summed E-state index contributed by atoms with van der Waals surface area (Å²) in [5, 5.41) is 2.57. The van der Waals surface area contributed by atoms with Crippen molar-refractivity contribution in [3.63, 3.8) is 0 Å². The number of nitrogens with one attached hydrogen (secondary N) is 1. The second-order valence-corrected chi connectivity index (χ2v) is 5.33. The molecule has 0 aliphatic carbocycles. The quantitative estimate of drug-likeness (QED) is 0.841. The highest BCUT2D eigenvalue weighted by Gasteiger charge is 2.17. The molecule has 0 heterocycles. The Labute approximate surface area is 122 Å². The standard InChI is InChI=1S/C14H21BrN2O2/c1-4-11(16)8-10-6-5-7-12(15)13(10)19-9(2)14(18)17-3/h5-7,9,11H,4,8,16H2,1-3H3,(H,17,18). The molecule has 1 aromatic rings. The molecule has 1 rings (SSSR count). The Bertz CT molecular complexity index is 437. The Kier molecular flexibility index (Phi) is 6.31. The predicted octanol–water partition coefficient (Wildman–Crippen LogP) is 2.24. The Morgan fingerprint density at radius 3 is 2.79 bits per heavy atom. The van der Waals surface area contributed by atoms with Gasteiger partial charge >= 0.3 is 0 Å². The van der Waals surface area contributed by atoms with E-state index in [1.54, 1.807) is 14.0 Å². The van der Waals surface area contributed by atoms with Gasteiger partial charge in [-0.3, -0.25) is 4.79 Å². The summed E-state index contributed by atoms with van der Waals surface area (Å²) in [6, 6.07) is 5.91. The van der Waals surface area contributed by atoms with Crippen LogP contribution in [0.25, 0.3) is 0 Å². The number of para-hydroxylation sites is 1. The fourth-order valence-corrected chi connectivity index (χ4v) is 2.21. The van der Waals surface area contributed by atoms with Gasteiger partial charge in [0, 0.05) is 13.1 Å². The molecule has 0 spiro atoms. The SMILES string of the molecule is CCC(N)Cc1cccc(Br)c1OC(C)C(=O)NC. The van der Waals surface area contributed by atoms with E-state index >= 15 is 0 Å². The van der Waals surface area contributed by atoms with Crippen molar-refractivity contribution in [2.75, 3.05) is 7.05 Å². The summed E-state index contributed by atoms with van der Waals surface area (Å²) in [6.45, 7) is 3.78. The first-order valence-corrected chi connectivity index (χ1v) is 7.20. The van der Waals surface area contributed by atoms with Crippen LogP contribution in [0.15, 0.2) is 22.7 Å². The van der Waals surface area contributed by atoms with Gasteiger partial charge in [0.05, 0.1) is 4.47 Å². The Morgan fingerprint density at radius 2 is 2.21 bits per heavy atom. The zero-order valence-corrected chi connectivity index (χ0v) is 13.2. The van der Waals surface area contributed by atoms with Crippen LogP contribution in [0.4, 0.5) is 0 Å². The second kappa shape index (κ2) is 7.50. The predicted molar refractivity (Wildman–Crippen MR) is 80.3 cm³/mol. The van der Waals surface area contributed by atoms with Crippen molar-refractivity contribution in [3.05, 3.63) is 28.2 Å². The maximum absolute atomic E-state index is 11.5. The molecule has 4 nitrogen and oxygen atoms in total.